The maximum atomic E-state index is 13.0. The third kappa shape index (κ3) is 1.72. The topological polar surface area (TPSA) is 25.8 Å². The van der Waals surface area contributed by atoms with Crippen LogP contribution in [0, 0.1) is 5.82 Å². The van der Waals surface area contributed by atoms with E-state index in [9.17, 15) is 4.39 Å². The number of rotatable bonds is 1. The van der Waals surface area contributed by atoms with Crippen molar-refractivity contribution in [1.82, 2.24) is 9.97 Å². The molecule has 0 fully saturated rings. The third-order valence-corrected chi connectivity index (χ3v) is 2.07. The fourth-order valence-corrected chi connectivity index (χ4v) is 1.22. The molecule has 0 atom stereocenters. The Labute approximate surface area is 85.4 Å². The second-order valence-corrected chi connectivity index (χ2v) is 3.10. The van der Waals surface area contributed by atoms with Gasteiger partial charge in [0.1, 0.15) is 0 Å². The molecule has 2 aromatic heterocycles. The van der Waals surface area contributed by atoms with Crippen LogP contribution in [0.4, 0.5) is 4.39 Å². The third-order valence-electron chi connectivity index (χ3n) is 1.79. The molecule has 0 aromatic carbocycles. The van der Waals surface area contributed by atoms with E-state index in [-0.39, 0.29) is 5.15 Å². The lowest BCUT2D eigenvalue weighted by atomic mass is 10.1. The minimum absolute atomic E-state index is 0.113. The first-order valence-corrected chi connectivity index (χ1v) is 4.36. The second kappa shape index (κ2) is 3.72. The summed E-state index contributed by atoms with van der Waals surface area (Å²) >= 11 is 5.47. The van der Waals surface area contributed by atoms with Crippen molar-refractivity contribution in [2.75, 3.05) is 0 Å². The quantitative estimate of drug-likeness (QED) is 0.674. The number of aromatic nitrogens is 2. The number of hydrogen-bond donors (Lipinski definition) is 0. The predicted molar refractivity (Wildman–Crippen MR) is 52.4 cm³/mol. The van der Waals surface area contributed by atoms with Gasteiger partial charge in [-0.1, -0.05) is 17.7 Å². The van der Waals surface area contributed by atoms with Crippen molar-refractivity contribution in [3.63, 3.8) is 0 Å². The molecule has 2 heterocycles. The van der Waals surface area contributed by atoms with Gasteiger partial charge in [0.2, 0.25) is 0 Å². The van der Waals surface area contributed by atoms with Gasteiger partial charge in [0, 0.05) is 29.7 Å². The van der Waals surface area contributed by atoms with Crippen LogP contribution in [0.25, 0.3) is 11.1 Å². The Kier molecular flexibility index (Phi) is 2.41. The Bertz CT molecular complexity index is 445. The molecule has 2 rings (SSSR count). The van der Waals surface area contributed by atoms with E-state index >= 15 is 0 Å². The number of hydrogen-bond acceptors (Lipinski definition) is 2. The lowest BCUT2D eigenvalue weighted by molar-refractivity contribution is 0.622. The van der Waals surface area contributed by atoms with Crippen LogP contribution in [0.2, 0.25) is 5.15 Å². The molecule has 14 heavy (non-hydrogen) atoms. The lowest BCUT2D eigenvalue weighted by Gasteiger charge is -2.00. The van der Waals surface area contributed by atoms with E-state index in [1.165, 1.54) is 12.3 Å². The Balaban J connectivity index is 2.48. The first-order valence-electron chi connectivity index (χ1n) is 3.99. The highest BCUT2D eigenvalue weighted by Gasteiger charge is 2.03. The van der Waals surface area contributed by atoms with Gasteiger partial charge in [-0.05, 0) is 12.1 Å². The van der Waals surface area contributed by atoms with E-state index in [1.54, 1.807) is 18.5 Å². The second-order valence-electron chi connectivity index (χ2n) is 2.74. The fraction of sp³-hybridized carbons (Fsp3) is 0. The Morgan fingerprint density at radius 3 is 2.71 bits per heavy atom. The average Bonchev–Trinajstić information content (AvgIpc) is 2.23. The molecule has 0 radical (unpaired) electrons. The van der Waals surface area contributed by atoms with Gasteiger partial charge in [0.25, 0.3) is 0 Å². The Morgan fingerprint density at radius 1 is 1.21 bits per heavy atom. The molecule has 0 N–H and O–H groups in total. The molecular weight excluding hydrogens is 203 g/mol. The maximum absolute atomic E-state index is 13.0. The van der Waals surface area contributed by atoms with E-state index in [0.29, 0.717) is 5.56 Å². The first kappa shape index (κ1) is 9.09. The SMILES string of the molecule is Fc1cc(-c2cccnc2)cnc1Cl. The van der Waals surface area contributed by atoms with Gasteiger partial charge < -0.3 is 0 Å². The summed E-state index contributed by atoms with van der Waals surface area (Å²) in [4.78, 5) is 7.65. The van der Waals surface area contributed by atoms with Gasteiger partial charge in [0.15, 0.2) is 11.0 Å². The summed E-state index contributed by atoms with van der Waals surface area (Å²) in [6, 6.07) is 4.95. The van der Waals surface area contributed by atoms with Crippen molar-refractivity contribution >= 4 is 11.6 Å². The Morgan fingerprint density at radius 2 is 2.07 bits per heavy atom. The van der Waals surface area contributed by atoms with Gasteiger partial charge in [-0.3, -0.25) is 4.98 Å². The van der Waals surface area contributed by atoms with Crippen LogP contribution in [0.1, 0.15) is 0 Å². The van der Waals surface area contributed by atoms with Crippen LogP contribution >= 0.6 is 11.6 Å². The van der Waals surface area contributed by atoms with Crippen LogP contribution in [-0.4, -0.2) is 9.97 Å². The lowest BCUT2D eigenvalue weighted by Crippen LogP contribution is -1.85. The van der Waals surface area contributed by atoms with E-state index in [1.807, 2.05) is 6.07 Å². The van der Waals surface area contributed by atoms with Crippen molar-refractivity contribution in [1.29, 1.82) is 0 Å². The molecule has 0 amide bonds. The number of pyridine rings is 2. The summed E-state index contributed by atoms with van der Waals surface area (Å²) in [7, 11) is 0. The van der Waals surface area contributed by atoms with Crippen LogP contribution in [0.15, 0.2) is 36.8 Å². The van der Waals surface area contributed by atoms with E-state index in [4.69, 9.17) is 11.6 Å². The van der Waals surface area contributed by atoms with Crippen molar-refractivity contribution in [3.8, 4) is 11.1 Å². The smallest absolute Gasteiger partial charge is 0.164 e. The van der Waals surface area contributed by atoms with Gasteiger partial charge in [-0.25, -0.2) is 9.37 Å². The summed E-state index contributed by atoms with van der Waals surface area (Å²) in [5.41, 5.74) is 1.48. The Hall–Kier alpha value is -1.48. The summed E-state index contributed by atoms with van der Waals surface area (Å²) in [6.45, 7) is 0. The van der Waals surface area contributed by atoms with E-state index in [2.05, 4.69) is 9.97 Å². The van der Waals surface area contributed by atoms with Gasteiger partial charge in [0.05, 0.1) is 0 Å². The first-order chi connectivity index (χ1) is 6.77. The number of nitrogens with zero attached hydrogens (tertiary/aromatic N) is 2. The van der Waals surface area contributed by atoms with E-state index < -0.39 is 5.82 Å². The minimum atomic E-state index is -0.520. The highest BCUT2D eigenvalue weighted by atomic mass is 35.5. The van der Waals surface area contributed by atoms with Crippen molar-refractivity contribution < 1.29 is 4.39 Å². The van der Waals surface area contributed by atoms with Gasteiger partial charge >= 0.3 is 0 Å². The fourth-order valence-electron chi connectivity index (χ4n) is 1.11. The molecule has 0 aliphatic carbocycles. The highest BCUT2D eigenvalue weighted by Crippen LogP contribution is 2.20. The summed E-state index contributed by atoms with van der Waals surface area (Å²) in [5.74, 6) is -0.520. The number of halogens is 2. The van der Waals surface area contributed by atoms with E-state index in [0.717, 1.165) is 5.56 Å². The zero-order valence-electron chi connectivity index (χ0n) is 7.11. The normalized spacial score (nSPS) is 10.1. The predicted octanol–water partition coefficient (Wildman–Crippen LogP) is 2.94. The molecule has 0 bridgehead atoms. The van der Waals surface area contributed by atoms with Crippen LogP contribution < -0.4 is 0 Å². The standard InChI is InChI=1S/C10H6ClFN2/c11-10-9(12)4-8(6-14-10)7-2-1-3-13-5-7/h1-6H. The molecule has 0 spiro atoms. The monoisotopic (exact) mass is 208 g/mol. The summed E-state index contributed by atoms with van der Waals surface area (Å²) < 4.78 is 13.0. The molecular formula is C10H6ClFN2. The molecule has 0 saturated carbocycles. The molecule has 0 saturated heterocycles. The maximum Gasteiger partial charge on any atom is 0.164 e. The van der Waals surface area contributed by atoms with Crippen LogP contribution in [-0.2, 0) is 0 Å². The molecule has 70 valence electrons. The summed E-state index contributed by atoms with van der Waals surface area (Å²) in [6.07, 6.45) is 4.82. The van der Waals surface area contributed by atoms with Gasteiger partial charge in [-0.2, -0.15) is 0 Å². The zero-order valence-corrected chi connectivity index (χ0v) is 7.87. The largest absolute Gasteiger partial charge is 0.264 e. The van der Waals surface area contributed by atoms with Crippen molar-refractivity contribution in [2.24, 2.45) is 0 Å². The van der Waals surface area contributed by atoms with Crippen LogP contribution in [0.5, 0.6) is 0 Å². The zero-order chi connectivity index (χ0) is 9.97. The molecule has 0 unspecified atom stereocenters. The van der Waals surface area contributed by atoms with Crippen molar-refractivity contribution in [3.05, 3.63) is 47.8 Å². The molecule has 2 nitrogen and oxygen atoms in total. The molecule has 0 aliphatic heterocycles. The highest BCUT2D eigenvalue weighted by molar-refractivity contribution is 6.29. The molecule has 4 heteroatoms. The van der Waals surface area contributed by atoms with Crippen molar-refractivity contribution in [2.45, 2.75) is 0 Å². The summed E-state index contributed by atoms with van der Waals surface area (Å²) in [5, 5.41) is -0.113. The molecule has 0 aliphatic rings. The molecule has 2 aromatic rings. The van der Waals surface area contributed by atoms with Gasteiger partial charge in [-0.15, -0.1) is 0 Å². The van der Waals surface area contributed by atoms with Crippen LogP contribution in [0.3, 0.4) is 0 Å². The average molecular weight is 209 g/mol. The minimum Gasteiger partial charge on any atom is -0.264 e.